The zero-order valence-electron chi connectivity index (χ0n) is 18.3. The molecule has 0 bridgehead atoms. The highest BCUT2D eigenvalue weighted by atomic mass is 16.7. The number of nitrogens with zero attached hydrogens (tertiary/aromatic N) is 2. The lowest BCUT2D eigenvalue weighted by atomic mass is 9.94. The van der Waals surface area contributed by atoms with Crippen LogP contribution in [0.2, 0.25) is 0 Å². The fourth-order valence-corrected chi connectivity index (χ4v) is 3.79. The second-order valence-corrected chi connectivity index (χ2v) is 8.19. The minimum absolute atomic E-state index is 0.0468. The Kier molecular flexibility index (Phi) is 5.99. The fraction of sp³-hybridized carbons (Fsp3) is 0.375. The van der Waals surface area contributed by atoms with Crippen molar-refractivity contribution in [3.63, 3.8) is 0 Å². The number of aliphatic carboxylic acids is 1. The second-order valence-electron chi connectivity index (χ2n) is 8.19. The highest BCUT2D eigenvalue weighted by Gasteiger charge is 2.43. The number of rotatable bonds is 6. The van der Waals surface area contributed by atoms with Crippen molar-refractivity contribution in [3.8, 4) is 5.75 Å². The Bertz CT molecular complexity index is 1190. The molecule has 0 saturated carbocycles. The molecule has 1 N–H and O–H groups in total. The van der Waals surface area contributed by atoms with E-state index in [-0.39, 0.29) is 24.2 Å². The van der Waals surface area contributed by atoms with E-state index in [1.165, 1.54) is 11.5 Å². The number of hydrogen-bond acceptors (Lipinski definition) is 6. The van der Waals surface area contributed by atoms with Gasteiger partial charge in [-0.1, -0.05) is 24.3 Å². The third-order valence-electron chi connectivity index (χ3n) is 5.90. The van der Waals surface area contributed by atoms with Crippen molar-refractivity contribution in [2.75, 3.05) is 6.61 Å². The van der Waals surface area contributed by atoms with Crippen molar-refractivity contribution in [1.82, 2.24) is 9.55 Å². The SMILES string of the molecule is CC1OC(C)(C(=O)O)OCC1Cc1ccc(OCc2nc3ccccc3c(=O)n2C)cc1. The predicted octanol–water partition coefficient (Wildman–Crippen LogP) is 2.91. The number of para-hydroxylation sites is 1. The molecule has 4 rings (SSSR count). The van der Waals surface area contributed by atoms with Crippen LogP contribution in [0, 0.1) is 5.92 Å². The number of carboxylic acid groups (broad SMARTS) is 1. The Morgan fingerprint density at radius 1 is 1.25 bits per heavy atom. The molecule has 3 unspecified atom stereocenters. The molecule has 0 amide bonds. The standard InChI is InChI=1S/C24H26N2O6/c1-15-17(13-31-24(2,32-15)23(28)29)12-16-8-10-18(11-9-16)30-14-21-25-20-7-5-4-6-19(20)22(27)26(21)3/h4-11,15,17H,12-14H2,1-3H3,(H,28,29). The fourth-order valence-electron chi connectivity index (χ4n) is 3.79. The lowest BCUT2D eigenvalue weighted by Gasteiger charge is -2.39. The van der Waals surface area contributed by atoms with Crippen molar-refractivity contribution < 1.29 is 24.1 Å². The molecule has 1 aromatic heterocycles. The third-order valence-corrected chi connectivity index (χ3v) is 5.90. The molecule has 8 nitrogen and oxygen atoms in total. The van der Waals surface area contributed by atoms with Gasteiger partial charge in [0, 0.05) is 19.9 Å². The van der Waals surface area contributed by atoms with E-state index in [0.29, 0.717) is 35.5 Å². The number of aromatic nitrogens is 2. The zero-order valence-corrected chi connectivity index (χ0v) is 18.3. The van der Waals surface area contributed by atoms with Crippen molar-refractivity contribution >= 4 is 16.9 Å². The van der Waals surface area contributed by atoms with E-state index >= 15 is 0 Å². The van der Waals surface area contributed by atoms with E-state index < -0.39 is 11.8 Å². The van der Waals surface area contributed by atoms with Crippen LogP contribution in [0.4, 0.5) is 0 Å². The van der Waals surface area contributed by atoms with Gasteiger partial charge < -0.3 is 19.3 Å². The van der Waals surface area contributed by atoms with Crippen LogP contribution in [0.3, 0.4) is 0 Å². The first-order chi connectivity index (χ1) is 15.3. The molecule has 1 fully saturated rings. The summed E-state index contributed by atoms with van der Waals surface area (Å²) in [5, 5.41) is 9.83. The van der Waals surface area contributed by atoms with Crippen LogP contribution in [-0.4, -0.2) is 39.1 Å². The first kappa shape index (κ1) is 22.0. The summed E-state index contributed by atoms with van der Waals surface area (Å²) in [6, 6.07) is 14.9. The molecule has 168 valence electrons. The second kappa shape index (κ2) is 8.72. The molecule has 0 spiro atoms. The number of benzene rings is 2. The van der Waals surface area contributed by atoms with Crippen LogP contribution >= 0.6 is 0 Å². The topological polar surface area (TPSA) is 99.9 Å². The summed E-state index contributed by atoms with van der Waals surface area (Å²) in [5.74, 6) is -1.46. The van der Waals surface area contributed by atoms with Crippen LogP contribution in [0.5, 0.6) is 5.75 Å². The maximum atomic E-state index is 12.5. The highest BCUT2D eigenvalue weighted by Crippen LogP contribution is 2.29. The zero-order chi connectivity index (χ0) is 22.9. The maximum Gasteiger partial charge on any atom is 0.364 e. The van der Waals surface area contributed by atoms with Gasteiger partial charge in [-0.2, -0.15) is 0 Å². The number of ether oxygens (including phenoxy) is 3. The lowest BCUT2D eigenvalue weighted by molar-refractivity contribution is -0.291. The molecule has 8 heteroatoms. The highest BCUT2D eigenvalue weighted by molar-refractivity contribution is 5.77. The number of carboxylic acids is 1. The summed E-state index contributed by atoms with van der Waals surface area (Å²) < 4.78 is 18.4. The number of fused-ring (bicyclic) bond motifs is 1. The van der Waals surface area contributed by atoms with Crippen LogP contribution in [0.15, 0.2) is 53.3 Å². The van der Waals surface area contributed by atoms with E-state index in [4.69, 9.17) is 14.2 Å². The molecule has 32 heavy (non-hydrogen) atoms. The van der Waals surface area contributed by atoms with Gasteiger partial charge in [0.25, 0.3) is 11.3 Å². The van der Waals surface area contributed by atoms with E-state index in [2.05, 4.69) is 4.98 Å². The van der Waals surface area contributed by atoms with Gasteiger partial charge in [0.05, 0.1) is 23.6 Å². The third kappa shape index (κ3) is 4.37. The van der Waals surface area contributed by atoms with Gasteiger partial charge in [0.2, 0.25) is 0 Å². The Balaban J connectivity index is 1.39. The number of carbonyl (C=O) groups is 1. The molecule has 2 aromatic carbocycles. The summed E-state index contributed by atoms with van der Waals surface area (Å²) in [6.07, 6.45) is 0.443. The van der Waals surface area contributed by atoms with Crippen molar-refractivity contribution in [2.24, 2.45) is 13.0 Å². The first-order valence-electron chi connectivity index (χ1n) is 10.5. The minimum atomic E-state index is -1.59. The van der Waals surface area contributed by atoms with Crippen molar-refractivity contribution in [2.45, 2.75) is 38.8 Å². The van der Waals surface area contributed by atoms with E-state index in [0.717, 1.165) is 5.56 Å². The summed E-state index contributed by atoms with van der Waals surface area (Å²) in [4.78, 5) is 28.4. The first-order valence-corrected chi connectivity index (χ1v) is 10.5. The molecule has 1 saturated heterocycles. The maximum absolute atomic E-state index is 12.5. The summed E-state index contributed by atoms with van der Waals surface area (Å²) in [6.45, 7) is 3.77. The van der Waals surface area contributed by atoms with Gasteiger partial charge in [0.15, 0.2) is 0 Å². The van der Waals surface area contributed by atoms with Gasteiger partial charge in [0.1, 0.15) is 18.2 Å². The molecule has 1 aliphatic heterocycles. The normalized spacial score (nSPS) is 23.2. The average Bonchev–Trinajstić information content (AvgIpc) is 2.78. The quantitative estimate of drug-likeness (QED) is 0.632. The monoisotopic (exact) mass is 438 g/mol. The van der Waals surface area contributed by atoms with E-state index in [9.17, 15) is 14.7 Å². The van der Waals surface area contributed by atoms with Crippen LogP contribution in [0.25, 0.3) is 10.9 Å². The number of hydrogen-bond donors (Lipinski definition) is 1. The van der Waals surface area contributed by atoms with E-state index in [1.54, 1.807) is 13.1 Å². The summed E-state index contributed by atoms with van der Waals surface area (Å²) in [7, 11) is 1.69. The van der Waals surface area contributed by atoms with Gasteiger partial charge in [-0.05, 0) is 43.2 Å². The molecule has 1 aliphatic rings. The Morgan fingerprint density at radius 3 is 2.66 bits per heavy atom. The molecule has 3 aromatic rings. The Hall–Kier alpha value is -3.23. The molecule has 0 radical (unpaired) electrons. The van der Waals surface area contributed by atoms with Crippen molar-refractivity contribution in [1.29, 1.82) is 0 Å². The van der Waals surface area contributed by atoms with Crippen LogP contribution < -0.4 is 10.3 Å². The van der Waals surface area contributed by atoms with Gasteiger partial charge in [-0.15, -0.1) is 0 Å². The molecular weight excluding hydrogens is 412 g/mol. The summed E-state index contributed by atoms with van der Waals surface area (Å²) in [5.41, 5.74) is 1.61. The largest absolute Gasteiger partial charge is 0.486 e. The molecule has 3 atom stereocenters. The van der Waals surface area contributed by atoms with Crippen LogP contribution in [-0.2, 0) is 34.3 Å². The predicted molar refractivity (Wildman–Crippen MR) is 117 cm³/mol. The summed E-state index contributed by atoms with van der Waals surface area (Å²) >= 11 is 0. The Labute approximate surface area is 185 Å². The lowest BCUT2D eigenvalue weighted by Crippen LogP contribution is -2.51. The van der Waals surface area contributed by atoms with Gasteiger partial charge in [-0.25, -0.2) is 9.78 Å². The molecule has 2 heterocycles. The minimum Gasteiger partial charge on any atom is -0.486 e. The van der Waals surface area contributed by atoms with Gasteiger partial charge in [-0.3, -0.25) is 9.36 Å². The Morgan fingerprint density at radius 2 is 1.97 bits per heavy atom. The van der Waals surface area contributed by atoms with Crippen LogP contribution in [0.1, 0.15) is 25.2 Å². The average molecular weight is 438 g/mol. The van der Waals surface area contributed by atoms with Gasteiger partial charge >= 0.3 is 5.97 Å². The smallest absolute Gasteiger partial charge is 0.364 e. The molecular formula is C24H26N2O6. The molecule has 0 aliphatic carbocycles. The van der Waals surface area contributed by atoms with E-state index in [1.807, 2.05) is 49.4 Å². The van der Waals surface area contributed by atoms with Crippen molar-refractivity contribution in [3.05, 3.63) is 70.3 Å².